The monoisotopic (exact) mass is 206 g/mol. The molecule has 0 saturated heterocycles. The number of nitro groups is 1. The minimum absolute atomic E-state index is 0.197. The van der Waals surface area contributed by atoms with Gasteiger partial charge in [0.1, 0.15) is 0 Å². The highest BCUT2D eigenvalue weighted by molar-refractivity contribution is 5.44. The second kappa shape index (κ2) is 3.62. The molecule has 15 heavy (non-hydrogen) atoms. The first kappa shape index (κ1) is 10.1. The Balaban J connectivity index is 2.42. The van der Waals surface area contributed by atoms with Crippen molar-refractivity contribution in [3.05, 3.63) is 39.4 Å². The van der Waals surface area contributed by atoms with Crippen LogP contribution in [0.1, 0.15) is 23.6 Å². The fourth-order valence-corrected chi connectivity index (χ4v) is 2.22. The summed E-state index contributed by atoms with van der Waals surface area (Å²) in [7, 11) is 4.03. The first-order valence-corrected chi connectivity index (χ1v) is 5.03. The van der Waals surface area contributed by atoms with Crippen molar-refractivity contribution in [3.8, 4) is 0 Å². The molecule has 0 bridgehead atoms. The second-order valence-electron chi connectivity index (χ2n) is 4.16. The number of nitrogens with zero attached hydrogens (tertiary/aromatic N) is 2. The Morgan fingerprint density at radius 3 is 2.80 bits per heavy atom. The van der Waals surface area contributed by atoms with Gasteiger partial charge in [0, 0.05) is 18.2 Å². The Hall–Kier alpha value is -1.42. The molecule has 1 aliphatic carbocycles. The van der Waals surface area contributed by atoms with E-state index in [0.29, 0.717) is 6.04 Å². The molecular weight excluding hydrogens is 192 g/mol. The number of benzene rings is 1. The van der Waals surface area contributed by atoms with Crippen molar-refractivity contribution < 1.29 is 4.92 Å². The van der Waals surface area contributed by atoms with Gasteiger partial charge in [-0.2, -0.15) is 0 Å². The fourth-order valence-electron chi connectivity index (χ4n) is 2.22. The zero-order valence-corrected chi connectivity index (χ0v) is 8.93. The minimum Gasteiger partial charge on any atom is -0.302 e. The van der Waals surface area contributed by atoms with Crippen molar-refractivity contribution in [2.24, 2.45) is 0 Å². The molecule has 1 atom stereocenters. The molecular formula is C11H14N2O2. The summed E-state index contributed by atoms with van der Waals surface area (Å²) in [6.07, 6.45) is 2.08. The van der Waals surface area contributed by atoms with Gasteiger partial charge in [0.25, 0.3) is 5.69 Å². The smallest absolute Gasteiger partial charge is 0.269 e. The average molecular weight is 206 g/mol. The maximum Gasteiger partial charge on any atom is 0.269 e. The first-order valence-electron chi connectivity index (χ1n) is 5.03. The van der Waals surface area contributed by atoms with Crippen LogP contribution in [0, 0.1) is 10.1 Å². The van der Waals surface area contributed by atoms with Crippen molar-refractivity contribution in [2.45, 2.75) is 18.9 Å². The Kier molecular flexibility index (Phi) is 2.44. The van der Waals surface area contributed by atoms with Crippen LogP contribution in [0.5, 0.6) is 0 Å². The van der Waals surface area contributed by atoms with Gasteiger partial charge in [0.05, 0.1) is 4.92 Å². The molecule has 0 saturated carbocycles. The maximum atomic E-state index is 10.7. The molecule has 0 N–H and O–H groups in total. The third-order valence-corrected chi connectivity index (χ3v) is 3.01. The SMILES string of the molecule is CN(C)C1CCc2ccc([N+](=O)[O-])cc21. The van der Waals surface area contributed by atoms with Crippen molar-refractivity contribution in [2.75, 3.05) is 14.1 Å². The molecule has 0 aliphatic heterocycles. The van der Waals surface area contributed by atoms with E-state index in [0.717, 1.165) is 18.4 Å². The van der Waals surface area contributed by atoms with E-state index in [1.54, 1.807) is 12.1 Å². The molecule has 2 rings (SSSR count). The fraction of sp³-hybridized carbons (Fsp3) is 0.455. The van der Waals surface area contributed by atoms with Crippen LogP contribution in [0.15, 0.2) is 18.2 Å². The van der Waals surface area contributed by atoms with Crippen molar-refractivity contribution in [1.29, 1.82) is 0 Å². The third-order valence-electron chi connectivity index (χ3n) is 3.01. The lowest BCUT2D eigenvalue weighted by Crippen LogP contribution is -2.17. The molecule has 0 spiro atoms. The lowest BCUT2D eigenvalue weighted by Gasteiger charge is -2.19. The summed E-state index contributed by atoms with van der Waals surface area (Å²) in [4.78, 5) is 12.5. The highest BCUT2D eigenvalue weighted by Crippen LogP contribution is 2.36. The zero-order chi connectivity index (χ0) is 11.0. The lowest BCUT2D eigenvalue weighted by molar-refractivity contribution is -0.384. The third kappa shape index (κ3) is 1.72. The molecule has 0 heterocycles. The van der Waals surface area contributed by atoms with Crippen LogP contribution in [0.25, 0.3) is 0 Å². The summed E-state index contributed by atoms with van der Waals surface area (Å²) < 4.78 is 0. The van der Waals surface area contributed by atoms with Gasteiger partial charge in [-0.3, -0.25) is 10.1 Å². The van der Waals surface area contributed by atoms with E-state index in [2.05, 4.69) is 4.90 Å². The Morgan fingerprint density at radius 1 is 1.47 bits per heavy atom. The van der Waals surface area contributed by atoms with E-state index < -0.39 is 0 Å². The van der Waals surface area contributed by atoms with Crippen LogP contribution in [0.3, 0.4) is 0 Å². The average Bonchev–Trinajstić information content (AvgIpc) is 2.59. The largest absolute Gasteiger partial charge is 0.302 e. The summed E-state index contributed by atoms with van der Waals surface area (Å²) >= 11 is 0. The molecule has 0 fully saturated rings. The van der Waals surface area contributed by atoms with E-state index in [9.17, 15) is 10.1 Å². The molecule has 1 unspecified atom stereocenters. The molecule has 0 amide bonds. The predicted octanol–water partition coefficient (Wildman–Crippen LogP) is 2.14. The molecule has 4 nitrogen and oxygen atoms in total. The van der Waals surface area contributed by atoms with Crippen LogP contribution >= 0.6 is 0 Å². The Morgan fingerprint density at radius 2 is 2.20 bits per heavy atom. The minimum atomic E-state index is -0.328. The topological polar surface area (TPSA) is 46.4 Å². The second-order valence-corrected chi connectivity index (χ2v) is 4.16. The van der Waals surface area contributed by atoms with Gasteiger partial charge in [0.2, 0.25) is 0 Å². The molecule has 4 heteroatoms. The number of rotatable bonds is 2. The van der Waals surface area contributed by atoms with Crippen LogP contribution in [0.2, 0.25) is 0 Å². The highest BCUT2D eigenvalue weighted by atomic mass is 16.6. The Bertz CT molecular complexity index is 402. The highest BCUT2D eigenvalue weighted by Gasteiger charge is 2.25. The number of hydrogen-bond acceptors (Lipinski definition) is 3. The number of fused-ring (bicyclic) bond motifs is 1. The first-order chi connectivity index (χ1) is 7.09. The molecule has 0 radical (unpaired) electrons. The van der Waals surface area contributed by atoms with Gasteiger partial charge in [-0.1, -0.05) is 6.07 Å². The van der Waals surface area contributed by atoms with Crippen LogP contribution in [-0.4, -0.2) is 23.9 Å². The maximum absolute atomic E-state index is 10.7. The number of hydrogen-bond donors (Lipinski definition) is 0. The number of non-ortho nitro benzene ring substituents is 1. The van der Waals surface area contributed by atoms with Crippen LogP contribution in [-0.2, 0) is 6.42 Å². The van der Waals surface area contributed by atoms with Crippen LogP contribution in [0.4, 0.5) is 5.69 Å². The normalized spacial score (nSPS) is 19.3. The van der Waals surface area contributed by atoms with E-state index in [-0.39, 0.29) is 10.6 Å². The molecule has 1 aromatic rings. The number of aryl methyl sites for hydroxylation is 1. The van der Waals surface area contributed by atoms with Gasteiger partial charge in [-0.25, -0.2) is 0 Å². The van der Waals surface area contributed by atoms with Crippen molar-refractivity contribution in [3.63, 3.8) is 0 Å². The molecule has 1 aromatic carbocycles. The van der Waals surface area contributed by atoms with E-state index >= 15 is 0 Å². The van der Waals surface area contributed by atoms with E-state index in [1.165, 1.54) is 5.56 Å². The van der Waals surface area contributed by atoms with Gasteiger partial charge < -0.3 is 4.90 Å². The summed E-state index contributed by atoms with van der Waals surface area (Å²) in [6.45, 7) is 0. The summed E-state index contributed by atoms with van der Waals surface area (Å²) in [5.74, 6) is 0. The Labute approximate surface area is 88.7 Å². The quantitative estimate of drug-likeness (QED) is 0.550. The summed E-state index contributed by atoms with van der Waals surface area (Å²) in [5, 5.41) is 10.7. The summed E-state index contributed by atoms with van der Waals surface area (Å²) in [5.41, 5.74) is 2.57. The zero-order valence-electron chi connectivity index (χ0n) is 8.93. The molecule has 0 aromatic heterocycles. The van der Waals surface area contributed by atoms with E-state index in [4.69, 9.17) is 0 Å². The van der Waals surface area contributed by atoms with Crippen LogP contribution < -0.4 is 0 Å². The van der Waals surface area contributed by atoms with Gasteiger partial charge in [-0.05, 0) is 38.1 Å². The van der Waals surface area contributed by atoms with Gasteiger partial charge in [0.15, 0.2) is 0 Å². The van der Waals surface area contributed by atoms with Crippen molar-refractivity contribution >= 4 is 5.69 Å². The molecule has 80 valence electrons. The van der Waals surface area contributed by atoms with E-state index in [1.807, 2.05) is 20.2 Å². The van der Waals surface area contributed by atoms with Gasteiger partial charge in [-0.15, -0.1) is 0 Å². The van der Waals surface area contributed by atoms with Crippen molar-refractivity contribution in [1.82, 2.24) is 4.90 Å². The lowest BCUT2D eigenvalue weighted by atomic mass is 10.1. The predicted molar refractivity (Wildman–Crippen MR) is 57.8 cm³/mol. The summed E-state index contributed by atoms with van der Waals surface area (Å²) in [6, 6.07) is 5.53. The number of nitro benzene ring substituents is 1. The van der Waals surface area contributed by atoms with Gasteiger partial charge >= 0.3 is 0 Å². The standard InChI is InChI=1S/C11H14N2O2/c1-12(2)11-6-4-8-3-5-9(13(14)15)7-10(8)11/h3,5,7,11H,4,6H2,1-2H3. The molecule has 1 aliphatic rings.